The minimum atomic E-state index is -0.134. The van der Waals surface area contributed by atoms with Gasteiger partial charge in [0.25, 0.3) is 5.91 Å². The molecule has 0 atom stereocenters. The Morgan fingerprint density at radius 3 is 3.10 bits per heavy atom. The molecule has 0 saturated carbocycles. The molecule has 0 bridgehead atoms. The van der Waals surface area contributed by atoms with Gasteiger partial charge >= 0.3 is 0 Å². The summed E-state index contributed by atoms with van der Waals surface area (Å²) in [5, 5.41) is 7.85. The molecule has 3 rings (SSSR count). The maximum Gasteiger partial charge on any atom is 0.250 e. The number of carbonyl (C=O) groups excluding carboxylic acids is 1. The molecule has 1 N–H and O–H groups in total. The SMILES string of the molecule is O=C(CSc1nc2ccccc2s1)N/N=C\c1ccsc1. The predicted molar refractivity (Wildman–Crippen MR) is 90.4 cm³/mol. The van der Waals surface area contributed by atoms with E-state index in [1.807, 2.05) is 41.1 Å². The van der Waals surface area contributed by atoms with Crippen LogP contribution in [0.4, 0.5) is 0 Å². The van der Waals surface area contributed by atoms with E-state index in [0.717, 1.165) is 20.1 Å². The summed E-state index contributed by atoms with van der Waals surface area (Å²) in [7, 11) is 0. The van der Waals surface area contributed by atoms with E-state index in [0.29, 0.717) is 5.75 Å². The lowest BCUT2D eigenvalue weighted by Gasteiger charge is -1.96. The molecule has 0 unspecified atom stereocenters. The number of benzene rings is 1. The van der Waals surface area contributed by atoms with Gasteiger partial charge in [-0.15, -0.1) is 11.3 Å². The summed E-state index contributed by atoms with van der Waals surface area (Å²) in [5.41, 5.74) is 4.47. The average Bonchev–Trinajstić information content (AvgIpc) is 3.13. The molecular formula is C14H11N3OS3. The van der Waals surface area contributed by atoms with Gasteiger partial charge in [-0.25, -0.2) is 10.4 Å². The predicted octanol–water partition coefficient (Wildman–Crippen LogP) is 3.60. The third-order valence-corrected chi connectivity index (χ3v) is 5.43. The number of para-hydroxylation sites is 1. The minimum absolute atomic E-state index is 0.134. The summed E-state index contributed by atoms with van der Waals surface area (Å²) in [6.07, 6.45) is 1.64. The fraction of sp³-hybridized carbons (Fsp3) is 0.0714. The summed E-state index contributed by atoms with van der Waals surface area (Å²) in [4.78, 5) is 16.2. The van der Waals surface area contributed by atoms with E-state index in [9.17, 15) is 4.79 Å². The van der Waals surface area contributed by atoms with Crippen LogP contribution in [0.15, 0.2) is 50.5 Å². The zero-order valence-corrected chi connectivity index (χ0v) is 13.3. The van der Waals surface area contributed by atoms with Crippen molar-refractivity contribution in [2.75, 3.05) is 5.75 Å². The third-order valence-electron chi connectivity index (χ3n) is 2.55. The Bertz CT molecular complexity index is 732. The minimum Gasteiger partial charge on any atom is -0.272 e. The van der Waals surface area contributed by atoms with E-state index in [4.69, 9.17) is 0 Å². The highest BCUT2D eigenvalue weighted by atomic mass is 32.2. The number of hydrogen-bond donors (Lipinski definition) is 1. The molecule has 0 fully saturated rings. The molecule has 2 heterocycles. The maximum absolute atomic E-state index is 11.7. The lowest BCUT2D eigenvalue weighted by atomic mass is 10.3. The number of hydrogen-bond acceptors (Lipinski definition) is 6. The van der Waals surface area contributed by atoms with Crippen molar-refractivity contribution in [1.29, 1.82) is 0 Å². The number of carbonyl (C=O) groups is 1. The van der Waals surface area contributed by atoms with Crippen molar-refractivity contribution in [3.63, 3.8) is 0 Å². The first-order valence-electron chi connectivity index (χ1n) is 6.14. The van der Waals surface area contributed by atoms with Crippen LogP contribution in [-0.4, -0.2) is 22.9 Å². The number of fused-ring (bicyclic) bond motifs is 1. The molecule has 1 amide bonds. The molecule has 1 aromatic carbocycles. The summed E-state index contributed by atoms with van der Waals surface area (Å²) < 4.78 is 2.03. The number of hydrazone groups is 1. The maximum atomic E-state index is 11.7. The largest absolute Gasteiger partial charge is 0.272 e. The van der Waals surface area contributed by atoms with Gasteiger partial charge in [0, 0.05) is 5.56 Å². The Labute approximate surface area is 133 Å². The molecule has 21 heavy (non-hydrogen) atoms. The van der Waals surface area contributed by atoms with Crippen LogP contribution in [-0.2, 0) is 4.79 Å². The van der Waals surface area contributed by atoms with Crippen molar-refractivity contribution in [3.8, 4) is 0 Å². The zero-order chi connectivity index (χ0) is 14.5. The van der Waals surface area contributed by atoms with Gasteiger partial charge in [0.1, 0.15) is 0 Å². The topological polar surface area (TPSA) is 54.4 Å². The first-order valence-corrected chi connectivity index (χ1v) is 8.88. The van der Waals surface area contributed by atoms with Crippen LogP contribution >= 0.6 is 34.4 Å². The molecule has 7 heteroatoms. The van der Waals surface area contributed by atoms with Crippen LogP contribution in [0.5, 0.6) is 0 Å². The van der Waals surface area contributed by atoms with Crippen LogP contribution in [0.3, 0.4) is 0 Å². The number of thiazole rings is 1. The van der Waals surface area contributed by atoms with Crippen LogP contribution < -0.4 is 5.43 Å². The summed E-state index contributed by atoms with van der Waals surface area (Å²) in [5.74, 6) is 0.173. The van der Waals surface area contributed by atoms with Crippen molar-refractivity contribution in [2.24, 2.45) is 5.10 Å². The Hall–Kier alpha value is -1.70. The Morgan fingerprint density at radius 1 is 1.38 bits per heavy atom. The Balaban J connectivity index is 1.51. The highest BCUT2D eigenvalue weighted by molar-refractivity contribution is 8.01. The van der Waals surface area contributed by atoms with Crippen molar-refractivity contribution >= 4 is 56.8 Å². The molecule has 0 spiro atoms. The molecular weight excluding hydrogens is 322 g/mol. The number of nitrogens with zero attached hydrogens (tertiary/aromatic N) is 2. The van der Waals surface area contributed by atoms with Crippen LogP contribution in [0.25, 0.3) is 10.2 Å². The van der Waals surface area contributed by atoms with Gasteiger partial charge in [0.05, 0.1) is 22.2 Å². The van der Waals surface area contributed by atoms with E-state index >= 15 is 0 Å². The van der Waals surface area contributed by atoms with Crippen molar-refractivity contribution in [1.82, 2.24) is 10.4 Å². The first kappa shape index (κ1) is 14.2. The van der Waals surface area contributed by atoms with Gasteiger partial charge in [0.2, 0.25) is 0 Å². The third kappa shape index (κ3) is 3.90. The lowest BCUT2D eigenvalue weighted by Crippen LogP contribution is -2.19. The van der Waals surface area contributed by atoms with Crippen LogP contribution in [0.1, 0.15) is 5.56 Å². The second-order valence-electron chi connectivity index (χ2n) is 4.09. The second kappa shape index (κ2) is 6.84. The van der Waals surface area contributed by atoms with Gasteiger partial charge < -0.3 is 0 Å². The zero-order valence-electron chi connectivity index (χ0n) is 10.9. The summed E-state index contributed by atoms with van der Waals surface area (Å²) in [6.45, 7) is 0. The van der Waals surface area contributed by atoms with Crippen molar-refractivity contribution < 1.29 is 4.79 Å². The van der Waals surface area contributed by atoms with Crippen LogP contribution in [0, 0.1) is 0 Å². The van der Waals surface area contributed by atoms with Gasteiger partial charge in [-0.2, -0.15) is 16.4 Å². The molecule has 3 aromatic rings. The number of thioether (sulfide) groups is 1. The second-order valence-corrected chi connectivity index (χ2v) is 7.12. The number of aromatic nitrogens is 1. The summed E-state index contributed by atoms with van der Waals surface area (Å²) in [6, 6.07) is 9.89. The fourth-order valence-electron chi connectivity index (χ4n) is 1.60. The lowest BCUT2D eigenvalue weighted by molar-refractivity contribution is -0.118. The molecule has 0 aliphatic heterocycles. The smallest absolute Gasteiger partial charge is 0.250 e. The number of thiophene rings is 1. The molecule has 0 radical (unpaired) electrons. The standard InChI is InChI=1S/C14H11N3OS3/c18-13(17-15-7-10-5-6-19-8-10)9-20-14-16-11-3-1-2-4-12(11)21-14/h1-8H,9H2,(H,17,18)/b15-7-. The molecule has 2 aromatic heterocycles. The molecule has 4 nitrogen and oxygen atoms in total. The van der Waals surface area contributed by atoms with Gasteiger partial charge in [-0.1, -0.05) is 23.9 Å². The molecule has 0 aliphatic carbocycles. The highest BCUT2D eigenvalue weighted by Crippen LogP contribution is 2.28. The van der Waals surface area contributed by atoms with E-state index in [-0.39, 0.29) is 5.91 Å². The monoisotopic (exact) mass is 333 g/mol. The van der Waals surface area contributed by atoms with E-state index in [1.165, 1.54) is 11.8 Å². The van der Waals surface area contributed by atoms with Crippen molar-refractivity contribution in [3.05, 3.63) is 46.7 Å². The number of nitrogens with one attached hydrogen (secondary N) is 1. The Kier molecular flexibility index (Phi) is 4.64. The average molecular weight is 333 g/mol. The van der Waals surface area contributed by atoms with Gasteiger partial charge in [0.15, 0.2) is 4.34 Å². The van der Waals surface area contributed by atoms with Crippen LogP contribution in [0.2, 0.25) is 0 Å². The Morgan fingerprint density at radius 2 is 2.29 bits per heavy atom. The number of amides is 1. The van der Waals surface area contributed by atoms with Gasteiger partial charge in [-0.3, -0.25) is 4.79 Å². The van der Waals surface area contributed by atoms with Crippen molar-refractivity contribution in [2.45, 2.75) is 4.34 Å². The number of rotatable bonds is 5. The highest BCUT2D eigenvalue weighted by Gasteiger charge is 2.06. The quantitative estimate of drug-likeness (QED) is 0.441. The van der Waals surface area contributed by atoms with E-state index in [1.54, 1.807) is 28.9 Å². The fourth-order valence-corrected chi connectivity index (χ4v) is 4.07. The van der Waals surface area contributed by atoms with Gasteiger partial charge in [-0.05, 0) is 29.0 Å². The normalized spacial score (nSPS) is 11.2. The molecule has 106 valence electrons. The first-order chi connectivity index (χ1) is 10.3. The molecule has 0 aliphatic rings. The van der Waals surface area contributed by atoms with E-state index < -0.39 is 0 Å². The molecule has 0 saturated heterocycles. The van der Waals surface area contributed by atoms with E-state index in [2.05, 4.69) is 15.5 Å². The summed E-state index contributed by atoms with van der Waals surface area (Å²) >= 11 is 4.61.